The maximum Gasteiger partial charge on any atom is 0.325 e. The predicted molar refractivity (Wildman–Crippen MR) is 162 cm³/mol. The number of aromatic hydroxyl groups is 1. The molecule has 1 aliphatic heterocycles. The summed E-state index contributed by atoms with van der Waals surface area (Å²) in [5, 5.41) is 35.2. The van der Waals surface area contributed by atoms with E-state index in [1.54, 1.807) is 31.2 Å². The number of amides is 2. The van der Waals surface area contributed by atoms with Gasteiger partial charge < -0.3 is 45.1 Å². The van der Waals surface area contributed by atoms with Gasteiger partial charge in [0.1, 0.15) is 12.3 Å². The molecule has 1 saturated heterocycles. The molecule has 0 bridgehead atoms. The predicted octanol–water partition coefficient (Wildman–Crippen LogP) is 3.46. The van der Waals surface area contributed by atoms with Crippen LogP contribution in [0.5, 0.6) is 5.75 Å². The van der Waals surface area contributed by atoms with Crippen molar-refractivity contribution >= 4 is 12.0 Å². The summed E-state index contributed by atoms with van der Waals surface area (Å²) in [5.74, 6) is -0.395. The van der Waals surface area contributed by atoms with Gasteiger partial charge in [0.15, 0.2) is 6.29 Å². The van der Waals surface area contributed by atoms with Gasteiger partial charge in [0, 0.05) is 31.6 Å². The fraction of sp³-hybridized carbons (Fsp3) is 0.394. The van der Waals surface area contributed by atoms with E-state index in [0.717, 1.165) is 22.3 Å². The summed E-state index contributed by atoms with van der Waals surface area (Å²) in [7, 11) is 1.91. The van der Waals surface area contributed by atoms with Crippen molar-refractivity contribution in [1.82, 2.24) is 15.5 Å². The third kappa shape index (κ3) is 9.76. The minimum atomic E-state index is -0.780. The zero-order chi connectivity index (χ0) is 31.5. The van der Waals surface area contributed by atoms with E-state index in [1.165, 1.54) is 0 Å². The molecule has 11 nitrogen and oxygen atoms in total. The van der Waals surface area contributed by atoms with Crippen LogP contribution < -0.4 is 10.6 Å². The standard InChI is InChI=1S/C33H41N3O8/c1-3-42-31(40)18-35-33(41)34-17-22-7-13-25(14-8-22)32-43-28(16-30(44-32)24-11-9-23(21-37)10-12-24)19-36(2)20-29(39)26-5-4-6-27(38)15-26/h4-15,28-30,32,37-39H,3,16-21H2,1-2H3,(H2,34,35,41)/t28-,29-,30+,32+/m1/s1. The molecule has 4 rings (SSSR count). The van der Waals surface area contributed by atoms with Crippen LogP contribution in [0.1, 0.15) is 59.7 Å². The Bertz CT molecular complexity index is 1350. The average Bonchev–Trinajstić information content (AvgIpc) is 3.03. The molecule has 44 heavy (non-hydrogen) atoms. The molecule has 1 aliphatic rings. The number of phenols is 1. The highest BCUT2D eigenvalue weighted by Gasteiger charge is 2.33. The number of nitrogens with one attached hydrogen (secondary N) is 2. The third-order valence-corrected chi connectivity index (χ3v) is 7.27. The molecule has 1 heterocycles. The van der Waals surface area contributed by atoms with Crippen molar-refractivity contribution in [3.8, 4) is 5.75 Å². The number of phenolic OH excluding ortho intramolecular Hbond substituents is 1. The zero-order valence-electron chi connectivity index (χ0n) is 25.0. The smallest absolute Gasteiger partial charge is 0.325 e. The first-order valence-corrected chi connectivity index (χ1v) is 14.7. The van der Waals surface area contributed by atoms with Crippen molar-refractivity contribution < 1.29 is 39.1 Å². The molecule has 4 atom stereocenters. The van der Waals surface area contributed by atoms with Gasteiger partial charge in [-0.25, -0.2) is 4.79 Å². The van der Waals surface area contributed by atoms with E-state index in [2.05, 4.69) is 10.6 Å². The molecule has 0 radical (unpaired) electrons. The zero-order valence-corrected chi connectivity index (χ0v) is 25.0. The Morgan fingerprint density at radius 2 is 1.70 bits per heavy atom. The number of rotatable bonds is 13. The van der Waals surface area contributed by atoms with E-state index in [9.17, 15) is 24.9 Å². The van der Waals surface area contributed by atoms with Crippen molar-refractivity contribution in [3.05, 3.63) is 101 Å². The van der Waals surface area contributed by atoms with E-state index in [-0.39, 0.29) is 44.3 Å². The minimum absolute atomic E-state index is 0.0409. The summed E-state index contributed by atoms with van der Waals surface area (Å²) in [6.45, 7) is 2.84. The summed E-state index contributed by atoms with van der Waals surface area (Å²) in [5.41, 5.74) is 4.08. The first-order valence-electron chi connectivity index (χ1n) is 14.7. The molecule has 1 fully saturated rings. The Balaban J connectivity index is 1.40. The topological polar surface area (TPSA) is 150 Å². The second kappa shape index (κ2) is 16.2. The van der Waals surface area contributed by atoms with Crippen LogP contribution in [0.4, 0.5) is 4.79 Å². The van der Waals surface area contributed by atoms with Crippen molar-refractivity contribution in [3.63, 3.8) is 0 Å². The van der Waals surface area contributed by atoms with E-state index in [0.29, 0.717) is 25.1 Å². The van der Waals surface area contributed by atoms with Gasteiger partial charge in [-0.3, -0.25) is 4.79 Å². The van der Waals surface area contributed by atoms with Crippen molar-refractivity contribution in [1.29, 1.82) is 0 Å². The molecule has 0 unspecified atom stereocenters. The van der Waals surface area contributed by atoms with E-state index >= 15 is 0 Å². The number of hydrogen-bond acceptors (Lipinski definition) is 9. The Labute approximate surface area is 257 Å². The molecule has 0 aliphatic carbocycles. The second-order valence-corrected chi connectivity index (χ2v) is 10.8. The first kappa shape index (κ1) is 32.9. The summed E-state index contributed by atoms with van der Waals surface area (Å²) in [6, 6.07) is 21.3. The molecule has 0 spiro atoms. The Hall–Kier alpha value is -4.00. The van der Waals surface area contributed by atoms with Crippen molar-refractivity contribution in [2.24, 2.45) is 0 Å². The number of likely N-dealkylation sites (N-methyl/N-ethyl adjacent to an activating group) is 1. The fourth-order valence-electron chi connectivity index (χ4n) is 4.99. The van der Waals surface area contributed by atoms with Gasteiger partial charge in [0.2, 0.25) is 0 Å². The molecule has 3 aromatic rings. The van der Waals surface area contributed by atoms with Crippen LogP contribution in [0.25, 0.3) is 0 Å². The summed E-state index contributed by atoms with van der Waals surface area (Å²) < 4.78 is 17.6. The molecule has 2 amide bonds. The third-order valence-electron chi connectivity index (χ3n) is 7.27. The van der Waals surface area contributed by atoms with E-state index < -0.39 is 24.4 Å². The molecule has 236 valence electrons. The quantitative estimate of drug-likeness (QED) is 0.184. The number of benzene rings is 3. The van der Waals surface area contributed by atoms with Gasteiger partial charge in [-0.05, 0) is 48.4 Å². The normalized spacial score (nSPS) is 18.9. The first-order chi connectivity index (χ1) is 21.2. The number of esters is 1. The number of carbonyl (C=O) groups is 2. The number of aliphatic hydroxyl groups is 2. The van der Waals surface area contributed by atoms with Crippen LogP contribution in [0.15, 0.2) is 72.8 Å². The lowest BCUT2D eigenvalue weighted by molar-refractivity contribution is -0.252. The van der Waals surface area contributed by atoms with E-state index in [1.807, 2.05) is 60.5 Å². The molecule has 3 aromatic carbocycles. The van der Waals surface area contributed by atoms with Gasteiger partial charge in [-0.1, -0.05) is 60.7 Å². The maximum absolute atomic E-state index is 12.0. The highest BCUT2D eigenvalue weighted by Crippen LogP contribution is 2.38. The Kier molecular flexibility index (Phi) is 12.1. The van der Waals surface area contributed by atoms with Crippen LogP contribution in [0.3, 0.4) is 0 Å². The summed E-state index contributed by atoms with van der Waals surface area (Å²) in [6.07, 6.45) is -1.33. The molecule has 5 N–H and O–H groups in total. The lowest BCUT2D eigenvalue weighted by Gasteiger charge is -2.38. The van der Waals surface area contributed by atoms with Crippen LogP contribution in [0.2, 0.25) is 0 Å². The van der Waals surface area contributed by atoms with E-state index in [4.69, 9.17) is 14.2 Å². The van der Waals surface area contributed by atoms with Gasteiger partial charge in [0.05, 0.1) is 31.5 Å². The monoisotopic (exact) mass is 607 g/mol. The van der Waals surface area contributed by atoms with Crippen molar-refractivity contribution in [2.45, 2.75) is 51.1 Å². The van der Waals surface area contributed by atoms with Gasteiger partial charge in [0.25, 0.3) is 0 Å². The summed E-state index contributed by atoms with van der Waals surface area (Å²) in [4.78, 5) is 25.4. The highest BCUT2D eigenvalue weighted by atomic mass is 16.7. The Morgan fingerprint density at radius 1 is 1.00 bits per heavy atom. The summed E-state index contributed by atoms with van der Waals surface area (Å²) >= 11 is 0. The average molecular weight is 608 g/mol. The number of nitrogens with zero attached hydrogens (tertiary/aromatic N) is 1. The number of carbonyl (C=O) groups excluding carboxylic acids is 2. The van der Waals surface area contributed by atoms with Gasteiger partial charge in [-0.15, -0.1) is 0 Å². The Morgan fingerprint density at radius 3 is 2.39 bits per heavy atom. The molecule has 0 aromatic heterocycles. The SMILES string of the molecule is CCOC(=O)CNC(=O)NCc1ccc([C@H]2O[C@@H](CN(C)C[C@@H](O)c3cccc(O)c3)C[C@@H](c3ccc(CO)cc3)O2)cc1. The van der Waals surface area contributed by atoms with Crippen LogP contribution in [0, 0.1) is 0 Å². The lowest BCUT2D eigenvalue weighted by Crippen LogP contribution is -2.39. The largest absolute Gasteiger partial charge is 0.508 e. The maximum atomic E-state index is 12.0. The van der Waals surface area contributed by atoms with Gasteiger partial charge in [-0.2, -0.15) is 0 Å². The molecule has 11 heteroatoms. The molecular formula is C33H41N3O8. The van der Waals surface area contributed by atoms with Crippen LogP contribution in [-0.2, 0) is 32.2 Å². The van der Waals surface area contributed by atoms with Crippen LogP contribution >= 0.6 is 0 Å². The number of hydrogen-bond donors (Lipinski definition) is 5. The number of ether oxygens (including phenoxy) is 3. The van der Waals surface area contributed by atoms with Crippen LogP contribution in [-0.4, -0.2) is 71.6 Å². The fourth-order valence-corrected chi connectivity index (χ4v) is 4.99. The second-order valence-electron chi connectivity index (χ2n) is 10.8. The van der Waals surface area contributed by atoms with Crippen molar-refractivity contribution in [2.75, 3.05) is 33.3 Å². The van der Waals surface area contributed by atoms with Gasteiger partial charge >= 0.3 is 12.0 Å². The molecule has 0 saturated carbocycles. The lowest BCUT2D eigenvalue weighted by atomic mass is 9.99. The molecular weight excluding hydrogens is 566 g/mol. The minimum Gasteiger partial charge on any atom is -0.508 e. The highest BCUT2D eigenvalue weighted by molar-refractivity contribution is 5.80. The number of aliphatic hydroxyl groups excluding tert-OH is 2. The number of urea groups is 1.